The van der Waals surface area contributed by atoms with Gasteiger partial charge in [-0.25, -0.2) is 0 Å². The van der Waals surface area contributed by atoms with Crippen LogP contribution in [0, 0.1) is 11.8 Å². The molecule has 1 aliphatic carbocycles. The van der Waals surface area contributed by atoms with Gasteiger partial charge in [0, 0.05) is 26.1 Å². The summed E-state index contributed by atoms with van der Waals surface area (Å²) in [6.07, 6.45) is 8.71. The summed E-state index contributed by atoms with van der Waals surface area (Å²) in [5.74, 6) is 1.43. The molecule has 0 aromatic rings. The van der Waals surface area contributed by atoms with Crippen LogP contribution in [0.25, 0.3) is 0 Å². The lowest BCUT2D eigenvalue weighted by molar-refractivity contribution is -0.135. The van der Waals surface area contributed by atoms with Crippen LogP contribution in [-0.2, 0) is 4.79 Å². The van der Waals surface area contributed by atoms with Crippen LogP contribution >= 0.6 is 12.4 Å². The van der Waals surface area contributed by atoms with Gasteiger partial charge in [-0.2, -0.15) is 0 Å². The molecule has 0 spiro atoms. The number of halogens is 1. The highest BCUT2D eigenvalue weighted by Gasteiger charge is 2.26. The van der Waals surface area contributed by atoms with Crippen LogP contribution in [0.15, 0.2) is 0 Å². The molecular weight excluding hydrogens is 260 g/mol. The Morgan fingerprint density at radius 1 is 1.37 bits per heavy atom. The molecular formula is C15H31ClN2O. The van der Waals surface area contributed by atoms with Gasteiger partial charge in [-0.1, -0.05) is 39.0 Å². The molecule has 1 fully saturated rings. The summed E-state index contributed by atoms with van der Waals surface area (Å²) in [4.78, 5) is 14.3. The molecule has 1 amide bonds. The molecule has 1 atom stereocenters. The number of likely N-dealkylation sites (N-methyl/N-ethyl adjacent to an activating group) is 2. The molecule has 0 saturated heterocycles. The maximum atomic E-state index is 12.4. The molecule has 0 aromatic heterocycles. The smallest absolute Gasteiger partial charge is 0.225 e. The summed E-state index contributed by atoms with van der Waals surface area (Å²) in [5, 5.41) is 3.10. The van der Waals surface area contributed by atoms with Gasteiger partial charge in [-0.3, -0.25) is 4.79 Å². The molecule has 19 heavy (non-hydrogen) atoms. The molecule has 1 saturated carbocycles. The monoisotopic (exact) mass is 290 g/mol. The van der Waals surface area contributed by atoms with Crippen molar-refractivity contribution in [1.29, 1.82) is 0 Å². The number of rotatable bonds is 8. The van der Waals surface area contributed by atoms with Crippen molar-refractivity contribution >= 4 is 18.3 Å². The van der Waals surface area contributed by atoms with Crippen molar-refractivity contribution in [3.8, 4) is 0 Å². The van der Waals surface area contributed by atoms with Gasteiger partial charge in [-0.05, 0) is 25.8 Å². The van der Waals surface area contributed by atoms with E-state index in [0.29, 0.717) is 5.91 Å². The number of hydrogen-bond acceptors (Lipinski definition) is 2. The van der Waals surface area contributed by atoms with Gasteiger partial charge in [-0.15, -0.1) is 12.4 Å². The van der Waals surface area contributed by atoms with Gasteiger partial charge in [0.1, 0.15) is 0 Å². The molecule has 4 heteroatoms. The minimum absolute atomic E-state index is 0. The molecule has 1 unspecified atom stereocenters. The highest BCUT2D eigenvalue weighted by Crippen LogP contribution is 2.32. The van der Waals surface area contributed by atoms with Crippen LogP contribution < -0.4 is 5.32 Å². The molecule has 1 N–H and O–H groups in total. The fraction of sp³-hybridized carbons (Fsp3) is 0.933. The molecule has 1 rings (SSSR count). The number of carbonyl (C=O) groups is 1. The van der Waals surface area contributed by atoms with Crippen molar-refractivity contribution in [1.82, 2.24) is 10.2 Å². The van der Waals surface area contributed by atoms with Gasteiger partial charge in [0.05, 0.1) is 0 Å². The fourth-order valence-electron chi connectivity index (χ4n) is 3.04. The zero-order valence-corrected chi connectivity index (χ0v) is 13.6. The Kier molecular flexibility index (Phi) is 10.3. The van der Waals surface area contributed by atoms with E-state index in [9.17, 15) is 4.79 Å². The largest absolute Gasteiger partial charge is 0.344 e. The molecule has 0 bridgehead atoms. The van der Waals surface area contributed by atoms with Crippen LogP contribution in [0.2, 0.25) is 0 Å². The van der Waals surface area contributed by atoms with Crippen molar-refractivity contribution < 1.29 is 4.79 Å². The van der Waals surface area contributed by atoms with E-state index in [1.807, 2.05) is 19.0 Å². The number of amides is 1. The summed E-state index contributed by atoms with van der Waals surface area (Å²) in [7, 11) is 3.87. The molecule has 0 radical (unpaired) electrons. The average molecular weight is 291 g/mol. The van der Waals surface area contributed by atoms with E-state index in [0.717, 1.165) is 38.3 Å². The second kappa shape index (κ2) is 10.5. The van der Waals surface area contributed by atoms with Crippen molar-refractivity contribution in [2.24, 2.45) is 11.8 Å². The molecule has 0 heterocycles. The Morgan fingerprint density at radius 2 is 2.00 bits per heavy atom. The van der Waals surface area contributed by atoms with Gasteiger partial charge in [0.15, 0.2) is 0 Å². The lowest BCUT2D eigenvalue weighted by atomic mass is 9.89. The zero-order chi connectivity index (χ0) is 13.4. The predicted molar refractivity (Wildman–Crippen MR) is 83.8 cm³/mol. The summed E-state index contributed by atoms with van der Waals surface area (Å²) in [6, 6.07) is 0. The van der Waals surface area contributed by atoms with Gasteiger partial charge >= 0.3 is 0 Å². The summed E-state index contributed by atoms with van der Waals surface area (Å²) >= 11 is 0. The zero-order valence-electron chi connectivity index (χ0n) is 12.8. The van der Waals surface area contributed by atoms with Crippen LogP contribution in [-0.4, -0.2) is 38.0 Å². The number of nitrogens with zero attached hydrogens (tertiary/aromatic N) is 1. The summed E-state index contributed by atoms with van der Waals surface area (Å²) in [6.45, 7) is 3.88. The van der Waals surface area contributed by atoms with E-state index in [4.69, 9.17) is 0 Å². The van der Waals surface area contributed by atoms with Gasteiger partial charge in [0.2, 0.25) is 5.91 Å². The van der Waals surface area contributed by atoms with Crippen LogP contribution in [0.5, 0.6) is 0 Å². The van der Waals surface area contributed by atoms with Gasteiger partial charge in [0.25, 0.3) is 0 Å². The van der Waals surface area contributed by atoms with Crippen molar-refractivity contribution in [2.75, 3.05) is 27.2 Å². The topological polar surface area (TPSA) is 32.3 Å². The molecule has 3 nitrogen and oxygen atoms in total. The van der Waals surface area contributed by atoms with Crippen molar-refractivity contribution in [2.45, 2.75) is 51.9 Å². The number of nitrogens with one attached hydrogen (secondary N) is 1. The molecule has 0 aliphatic heterocycles. The van der Waals surface area contributed by atoms with Crippen LogP contribution in [0.4, 0.5) is 0 Å². The first-order valence-corrected chi connectivity index (χ1v) is 7.58. The third-order valence-electron chi connectivity index (χ3n) is 4.15. The SMILES string of the molecule is CCCC(CC1CCCC1)C(=O)N(C)CCNC.Cl. The second-order valence-electron chi connectivity index (χ2n) is 5.74. The molecule has 0 aromatic carbocycles. The average Bonchev–Trinajstić information content (AvgIpc) is 2.87. The Hall–Kier alpha value is -0.280. The maximum absolute atomic E-state index is 12.4. The van der Waals surface area contributed by atoms with Crippen molar-refractivity contribution in [3.05, 3.63) is 0 Å². The minimum Gasteiger partial charge on any atom is -0.344 e. The van der Waals surface area contributed by atoms with Crippen LogP contribution in [0.1, 0.15) is 51.9 Å². The first kappa shape index (κ1) is 18.7. The maximum Gasteiger partial charge on any atom is 0.225 e. The fourth-order valence-corrected chi connectivity index (χ4v) is 3.04. The van der Waals surface area contributed by atoms with E-state index in [1.54, 1.807) is 0 Å². The predicted octanol–water partition coefficient (Wildman–Crippen LogP) is 3.08. The van der Waals surface area contributed by atoms with E-state index < -0.39 is 0 Å². The highest BCUT2D eigenvalue weighted by atomic mass is 35.5. The first-order valence-electron chi connectivity index (χ1n) is 7.58. The second-order valence-corrected chi connectivity index (χ2v) is 5.74. The summed E-state index contributed by atoms with van der Waals surface area (Å²) in [5.41, 5.74) is 0. The Labute approximate surface area is 124 Å². The van der Waals surface area contributed by atoms with Crippen LogP contribution in [0.3, 0.4) is 0 Å². The minimum atomic E-state index is 0. The highest BCUT2D eigenvalue weighted by molar-refractivity contribution is 5.85. The van der Waals surface area contributed by atoms with Crippen molar-refractivity contribution in [3.63, 3.8) is 0 Å². The number of carbonyl (C=O) groups excluding carboxylic acids is 1. The molecule has 1 aliphatic rings. The Balaban J connectivity index is 0.00000324. The molecule has 114 valence electrons. The van der Waals surface area contributed by atoms with Gasteiger partial charge < -0.3 is 10.2 Å². The normalized spacial score (nSPS) is 17.0. The van der Waals surface area contributed by atoms with E-state index >= 15 is 0 Å². The lowest BCUT2D eigenvalue weighted by Crippen LogP contribution is -2.37. The third-order valence-corrected chi connectivity index (χ3v) is 4.15. The Bertz CT molecular complexity index is 242. The Morgan fingerprint density at radius 3 is 2.53 bits per heavy atom. The van der Waals surface area contributed by atoms with E-state index in [-0.39, 0.29) is 18.3 Å². The third kappa shape index (κ3) is 6.62. The standard InChI is InChI=1S/C15H30N2O.ClH/c1-4-7-14(12-13-8-5-6-9-13)15(18)17(3)11-10-16-2;/h13-14,16H,4-12H2,1-3H3;1H. The first-order chi connectivity index (χ1) is 8.69. The quantitative estimate of drug-likeness (QED) is 0.745. The van der Waals surface area contributed by atoms with E-state index in [1.165, 1.54) is 25.7 Å². The van der Waals surface area contributed by atoms with E-state index in [2.05, 4.69) is 12.2 Å². The lowest BCUT2D eigenvalue weighted by Gasteiger charge is -2.25. The number of hydrogen-bond donors (Lipinski definition) is 1. The summed E-state index contributed by atoms with van der Waals surface area (Å²) < 4.78 is 0.